The van der Waals surface area contributed by atoms with Crippen molar-refractivity contribution in [2.24, 2.45) is 5.92 Å². The van der Waals surface area contributed by atoms with Gasteiger partial charge < -0.3 is 4.74 Å². The van der Waals surface area contributed by atoms with Gasteiger partial charge in [0.15, 0.2) is 5.78 Å². The van der Waals surface area contributed by atoms with E-state index in [0.29, 0.717) is 6.92 Å². The monoisotopic (exact) mass is 198 g/mol. The van der Waals surface area contributed by atoms with Gasteiger partial charge in [-0.1, -0.05) is 0 Å². The molecule has 6 heteroatoms. The number of ether oxygens (including phenoxy) is 1. The first-order chi connectivity index (χ1) is 5.79. The van der Waals surface area contributed by atoms with Crippen LogP contribution in [-0.4, -0.2) is 25.0 Å². The minimum atomic E-state index is -4.59. The molecule has 0 bridgehead atoms. The van der Waals surface area contributed by atoms with Crippen LogP contribution < -0.4 is 0 Å². The molecule has 1 unspecified atom stereocenters. The van der Waals surface area contributed by atoms with Crippen LogP contribution in [0.5, 0.6) is 0 Å². The van der Waals surface area contributed by atoms with Crippen LogP contribution >= 0.6 is 0 Å². The normalized spacial score (nSPS) is 13.6. The van der Waals surface area contributed by atoms with Crippen molar-refractivity contribution in [3.05, 3.63) is 0 Å². The highest BCUT2D eigenvalue weighted by Crippen LogP contribution is 2.27. The molecule has 0 N–H and O–H groups in total. The number of rotatable bonds is 3. The highest BCUT2D eigenvalue weighted by Gasteiger charge is 2.41. The van der Waals surface area contributed by atoms with Crippen LogP contribution in [0.4, 0.5) is 13.2 Å². The fourth-order valence-electron chi connectivity index (χ4n) is 0.550. The lowest BCUT2D eigenvalue weighted by Crippen LogP contribution is -2.29. The first-order valence-corrected chi connectivity index (χ1v) is 3.45. The molecule has 0 rings (SSSR count). The Labute approximate surface area is 72.9 Å². The Hall–Kier alpha value is -1.07. The molecule has 0 saturated heterocycles. The van der Waals surface area contributed by atoms with Crippen molar-refractivity contribution < 1.29 is 27.5 Å². The number of methoxy groups -OCH3 is 1. The highest BCUT2D eigenvalue weighted by atomic mass is 19.4. The molecule has 0 aromatic carbocycles. The summed E-state index contributed by atoms with van der Waals surface area (Å²) >= 11 is 0. The van der Waals surface area contributed by atoms with Crippen molar-refractivity contribution in [1.82, 2.24) is 0 Å². The molecule has 0 heterocycles. The summed E-state index contributed by atoms with van der Waals surface area (Å²) in [6.07, 6.45) is -5.43. The van der Waals surface area contributed by atoms with Crippen LogP contribution in [0.1, 0.15) is 13.3 Å². The maximum Gasteiger partial charge on any atom is 0.398 e. The lowest BCUT2D eigenvalue weighted by Gasteiger charge is -2.13. The first kappa shape index (κ1) is 11.9. The predicted molar refractivity (Wildman–Crippen MR) is 36.9 cm³/mol. The van der Waals surface area contributed by atoms with Gasteiger partial charge in [0.25, 0.3) is 0 Å². The standard InChI is InChI=1S/C7H9F3O3/c1-4(7(8,9)10)5(11)3-6(12)13-2/h4H,3H2,1-2H3. The Kier molecular flexibility index (Phi) is 3.90. The fraction of sp³-hybridized carbons (Fsp3) is 0.714. The van der Waals surface area contributed by atoms with E-state index in [1.54, 1.807) is 0 Å². The quantitative estimate of drug-likeness (QED) is 0.507. The van der Waals surface area contributed by atoms with Gasteiger partial charge in [0.2, 0.25) is 0 Å². The molecule has 76 valence electrons. The van der Waals surface area contributed by atoms with Crippen LogP contribution in [0.15, 0.2) is 0 Å². The fourth-order valence-corrected chi connectivity index (χ4v) is 0.550. The van der Waals surface area contributed by atoms with Crippen LogP contribution in [0.25, 0.3) is 0 Å². The molecule has 3 nitrogen and oxygen atoms in total. The van der Waals surface area contributed by atoms with Crippen LogP contribution in [-0.2, 0) is 14.3 Å². The van der Waals surface area contributed by atoms with E-state index in [0.717, 1.165) is 7.11 Å². The summed E-state index contributed by atoms with van der Waals surface area (Å²) in [6, 6.07) is 0. The van der Waals surface area contributed by atoms with E-state index in [1.807, 2.05) is 0 Å². The van der Waals surface area contributed by atoms with Gasteiger partial charge in [0.05, 0.1) is 7.11 Å². The molecule has 0 aromatic heterocycles. The molecular formula is C7H9F3O3. The zero-order valence-electron chi connectivity index (χ0n) is 7.14. The molecule has 0 amide bonds. The number of alkyl halides is 3. The average molecular weight is 198 g/mol. The van der Waals surface area contributed by atoms with Gasteiger partial charge in [-0.25, -0.2) is 0 Å². The zero-order chi connectivity index (χ0) is 10.6. The van der Waals surface area contributed by atoms with E-state index in [2.05, 4.69) is 4.74 Å². The zero-order valence-corrected chi connectivity index (χ0v) is 7.14. The molecule has 0 aromatic rings. The summed E-state index contributed by atoms with van der Waals surface area (Å²) in [5, 5.41) is 0. The summed E-state index contributed by atoms with van der Waals surface area (Å²) < 4.78 is 39.7. The maximum absolute atomic E-state index is 11.9. The molecule has 13 heavy (non-hydrogen) atoms. The van der Waals surface area contributed by atoms with E-state index in [9.17, 15) is 22.8 Å². The van der Waals surface area contributed by atoms with E-state index >= 15 is 0 Å². The van der Waals surface area contributed by atoms with Gasteiger partial charge in [-0.15, -0.1) is 0 Å². The van der Waals surface area contributed by atoms with Crippen LogP contribution in [0.3, 0.4) is 0 Å². The SMILES string of the molecule is COC(=O)CC(=O)C(C)C(F)(F)F. The average Bonchev–Trinajstić information content (AvgIpc) is 2.01. The molecule has 0 spiro atoms. The molecule has 0 saturated carbocycles. The Morgan fingerprint density at radius 3 is 2.15 bits per heavy atom. The molecule has 0 fully saturated rings. The molecule has 1 atom stereocenters. The predicted octanol–water partition coefficient (Wildman–Crippen LogP) is 1.32. The summed E-state index contributed by atoms with van der Waals surface area (Å²) in [7, 11) is 1.01. The third kappa shape index (κ3) is 3.91. The number of halogens is 3. The van der Waals surface area contributed by atoms with Gasteiger partial charge in [0.1, 0.15) is 12.3 Å². The Balaban J connectivity index is 4.20. The van der Waals surface area contributed by atoms with Crippen molar-refractivity contribution in [3.63, 3.8) is 0 Å². The van der Waals surface area contributed by atoms with Gasteiger partial charge >= 0.3 is 12.1 Å². The first-order valence-electron chi connectivity index (χ1n) is 3.45. The number of carbonyl (C=O) groups is 2. The van der Waals surface area contributed by atoms with Crippen molar-refractivity contribution in [2.45, 2.75) is 19.5 Å². The van der Waals surface area contributed by atoms with Gasteiger partial charge in [0, 0.05) is 0 Å². The number of Topliss-reactive ketones (excluding diaryl/α,β-unsaturated/α-hetero) is 1. The lowest BCUT2D eigenvalue weighted by molar-refractivity contribution is -0.178. The maximum atomic E-state index is 11.9. The topological polar surface area (TPSA) is 43.4 Å². The van der Waals surface area contributed by atoms with Crippen molar-refractivity contribution in [2.75, 3.05) is 7.11 Å². The summed E-state index contributed by atoms with van der Waals surface area (Å²) in [4.78, 5) is 21.2. The smallest absolute Gasteiger partial charge is 0.398 e. The van der Waals surface area contributed by atoms with Gasteiger partial charge in [-0.05, 0) is 6.92 Å². The molecule has 0 aliphatic rings. The van der Waals surface area contributed by atoms with Crippen LogP contribution in [0, 0.1) is 5.92 Å². The third-order valence-corrected chi connectivity index (χ3v) is 1.52. The third-order valence-electron chi connectivity index (χ3n) is 1.52. The second kappa shape index (κ2) is 4.25. The molecule has 0 radical (unpaired) electrons. The Morgan fingerprint density at radius 1 is 1.38 bits per heavy atom. The number of carbonyl (C=O) groups excluding carboxylic acids is 2. The van der Waals surface area contributed by atoms with E-state index in [4.69, 9.17) is 0 Å². The van der Waals surface area contributed by atoms with Gasteiger partial charge in [-0.2, -0.15) is 13.2 Å². The number of hydrogen-bond donors (Lipinski definition) is 0. The van der Waals surface area contributed by atoms with Crippen molar-refractivity contribution in [1.29, 1.82) is 0 Å². The largest absolute Gasteiger partial charge is 0.469 e. The Morgan fingerprint density at radius 2 is 1.85 bits per heavy atom. The number of hydrogen-bond acceptors (Lipinski definition) is 3. The highest BCUT2D eigenvalue weighted by molar-refractivity contribution is 5.96. The second-order valence-electron chi connectivity index (χ2n) is 2.48. The number of ketones is 1. The minimum absolute atomic E-state index is 0.714. The lowest BCUT2D eigenvalue weighted by atomic mass is 10.0. The van der Waals surface area contributed by atoms with E-state index in [1.165, 1.54) is 0 Å². The van der Waals surface area contributed by atoms with Crippen molar-refractivity contribution in [3.8, 4) is 0 Å². The second-order valence-corrected chi connectivity index (χ2v) is 2.48. The van der Waals surface area contributed by atoms with E-state index in [-0.39, 0.29) is 0 Å². The summed E-state index contributed by atoms with van der Waals surface area (Å²) in [6.45, 7) is 0.714. The Bertz CT molecular complexity index is 210. The summed E-state index contributed by atoms with van der Waals surface area (Å²) in [5.74, 6) is -4.26. The van der Waals surface area contributed by atoms with E-state index < -0.39 is 30.3 Å². The van der Waals surface area contributed by atoms with Crippen LogP contribution in [0.2, 0.25) is 0 Å². The van der Waals surface area contributed by atoms with Crippen molar-refractivity contribution >= 4 is 11.8 Å². The summed E-state index contributed by atoms with van der Waals surface area (Å²) in [5.41, 5.74) is 0. The molecular weight excluding hydrogens is 189 g/mol. The molecule has 0 aliphatic heterocycles. The molecule has 0 aliphatic carbocycles. The van der Waals surface area contributed by atoms with Gasteiger partial charge in [-0.3, -0.25) is 9.59 Å². The minimum Gasteiger partial charge on any atom is -0.469 e. The number of esters is 1.